The number of rotatable bonds is 3. The van der Waals surface area contributed by atoms with Gasteiger partial charge in [-0.2, -0.15) is 0 Å². The zero-order valence-electron chi connectivity index (χ0n) is 13.2. The second-order valence-corrected chi connectivity index (χ2v) is 6.91. The maximum atomic E-state index is 12.3. The molecule has 1 atom stereocenters. The molecule has 0 aromatic heterocycles. The van der Waals surface area contributed by atoms with Crippen LogP contribution in [-0.4, -0.2) is 24.0 Å². The molecular weight excluding hydrogens is 260 g/mol. The van der Waals surface area contributed by atoms with Crippen molar-refractivity contribution in [2.24, 2.45) is 0 Å². The Morgan fingerprint density at radius 1 is 1.33 bits per heavy atom. The van der Waals surface area contributed by atoms with E-state index < -0.39 is 0 Å². The number of carbonyl (C=O) groups is 1. The smallest absolute Gasteiger partial charge is 0.224 e. The maximum Gasteiger partial charge on any atom is 0.224 e. The van der Waals surface area contributed by atoms with Gasteiger partial charge in [-0.3, -0.25) is 4.79 Å². The van der Waals surface area contributed by atoms with Crippen LogP contribution in [0.15, 0.2) is 18.2 Å². The van der Waals surface area contributed by atoms with E-state index in [1.165, 1.54) is 30.4 Å². The van der Waals surface area contributed by atoms with Crippen LogP contribution in [0.4, 0.5) is 0 Å². The summed E-state index contributed by atoms with van der Waals surface area (Å²) >= 11 is 0. The van der Waals surface area contributed by atoms with Crippen molar-refractivity contribution in [3.63, 3.8) is 0 Å². The Kier molecular flexibility index (Phi) is 4.03. The van der Waals surface area contributed by atoms with Gasteiger partial charge in [0.1, 0.15) is 0 Å². The summed E-state index contributed by atoms with van der Waals surface area (Å²) < 4.78 is 0. The summed E-state index contributed by atoms with van der Waals surface area (Å²) in [7, 11) is 0. The van der Waals surface area contributed by atoms with Crippen LogP contribution in [0, 0.1) is 13.8 Å². The molecule has 2 fully saturated rings. The van der Waals surface area contributed by atoms with Gasteiger partial charge in [-0.1, -0.05) is 18.2 Å². The summed E-state index contributed by atoms with van der Waals surface area (Å²) in [5.74, 6) is 0.166. The molecule has 1 amide bonds. The van der Waals surface area contributed by atoms with Crippen LogP contribution in [0.3, 0.4) is 0 Å². The molecule has 1 aromatic carbocycles. The Balaban J connectivity index is 1.55. The Morgan fingerprint density at radius 3 is 2.81 bits per heavy atom. The number of aryl methyl sites for hydroxylation is 2. The fourth-order valence-corrected chi connectivity index (χ4v) is 3.64. The lowest BCUT2D eigenvalue weighted by atomic mass is 9.70. The Bertz CT molecular complexity index is 534. The lowest BCUT2D eigenvalue weighted by Gasteiger charge is -2.48. The maximum absolute atomic E-state index is 12.3. The summed E-state index contributed by atoms with van der Waals surface area (Å²) in [6, 6.07) is 6.65. The first kappa shape index (κ1) is 14.6. The molecular formula is C18H26N2O. The lowest BCUT2D eigenvalue weighted by Crippen LogP contribution is -2.59. The van der Waals surface area contributed by atoms with E-state index in [0.29, 0.717) is 18.0 Å². The fraction of sp³-hybridized carbons (Fsp3) is 0.611. The largest absolute Gasteiger partial charge is 0.353 e. The van der Waals surface area contributed by atoms with Crippen molar-refractivity contribution >= 4 is 5.91 Å². The Hall–Kier alpha value is -1.35. The number of benzene rings is 1. The molecule has 1 saturated heterocycles. The van der Waals surface area contributed by atoms with Crippen LogP contribution in [0.1, 0.15) is 48.8 Å². The first-order chi connectivity index (χ1) is 10.1. The standard InChI is InChI=1S/C18H26N2O/c1-13-4-5-15(10-14(13)2)11-17(21)20-16-6-9-19-18(12-16)7-3-8-18/h4-5,10,16,19H,3,6-9,11-12H2,1-2H3,(H,20,21). The molecule has 1 aliphatic heterocycles. The van der Waals surface area contributed by atoms with E-state index in [9.17, 15) is 4.79 Å². The van der Waals surface area contributed by atoms with Crippen LogP contribution in [0.5, 0.6) is 0 Å². The van der Waals surface area contributed by atoms with E-state index in [2.05, 4.69) is 42.7 Å². The number of amides is 1. The van der Waals surface area contributed by atoms with Gasteiger partial charge in [-0.25, -0.2) is 0 Å². The van der Waals surface area contributed by atoms with E-state index in [1.54, 1.807) is 0 Å². The van der Waals surface area contributed by atoms with Crippen molar-refractivity contribution in [2.75, 3.05) is 6.54 Å². The topological polar surface area (TPSA) is 41.1 Å². The van der Waals surface area contributed by atoms with Crippen molar-refractivity contribution < 1.29 is 4.79 Å². The van der Waals surface area contributed by atoms with E-state index in [4.69, 9.17) is 0 Å². The number of nitrogens with one attached hydrogen (secondary N) is 2. The molecule has 1 heterocycles. The first-order valence-corrected chi connectivity index (χ1v) is 8.17. The van der Waals surface area contributed by atoms with Gasteiger partial charge in [-0.15, -0.1) is 0 Å². The molecule has 0 bridgehead atoms. The molecule has 1 spiro atoms. The van der Waals surface area contributed by atoms with Crippen molar-refractivity contribution in [3.05, 3.63) is 34.9 Å². The van der Waals surface area contributed by atoms with Crippen LogP contribution in [-0.2, 0) is 11.2 Å². The van der Waals surface area contributed by atoms with Crippen LogP contribution in [0.2, 0.25) is 0 Å². The molecule has 2 aliphatic rings. The predicted octanol–water partition coefficient (Wildman–Crippen LogP) is 2.64. The highest BCUT2D eigenvalue weighted by molar-refractivity contribution is 5.79. The van der Waals surface area contributed by atoms with Crippen LogP contribution >= 0.6 is 0 Å². The number of hydrogen-bond acceptors (Lipinski definition) is 2. The molecule has 0 radical (unpaired) electrons. The molecule has 3 rings (SSSR count). The monoisotopic (exact) mass is 286 g/mol. The van der Waals surface area contributed by atoms with Crippen molar-refractivity contribution in [1.29, 1.82) is 0 Å². The molecule has 3 nitrogen and oxygen atoms in total. The highest BCUT2D eigenvalue weighted by Crippen LogP contribution is 2.38. The third kappa shape index (κ3) is 3.29. The highest BCUT2D eigenvalue weighted by atomic mass is 16.1. The van der Waals surface area contributed by atoms with E-state index in [0.717, 1.165) is 24.9 Å². The molecule has 2 N–H and O–H groups in total. The van der Waals surface area contributed by atoms with E-state index >= 15 is 0 Å². The van der Waals surface area contributed by atoms with Gasteiger partial charge in [-0.05, 0) is 69.2 Å². The minimum absolute atomic E-state index is 0.166. The Morgan fingerprint density at radius 2 is 2.14 bits per heavy atom. The minimum Gasteiger partial charge on any atom is -0.353 e. The normalized spacial score (nSPS) is 23.6. The number of carbonyl (C=O) groups excluding carboxylic acids is 1. The van der Waals surface area contributed by atoms with Gasteiger partial charge >= 0.3 is 0 Å². The summed E-state index contributed by atoms with van der Waals surface area (Å²) in [6.45, 7) is 5.24. The molecule has 3 heteroatoms. The van der Waals surface area contributed by atoms with Gasteiger partial charge in [0, 0.05) is 11.6 Å². The first-order valence-electron chi connectivity index (χ1n) is 8.17. The van der Waals surface area contributed by atoms with Crippen molar-refractivity contribution in [2.45, 2.75) is 64.0 Å². The molecule has 114 valence electrons. The minimum atomic E-state index is 0.166. The SMILES string of the molecule is Cc1ccc(CC(=O)NC2CCNC3(CCC3)C2)cc1C. The van der Waals surface area contributed by atoms with Gasteiger partial charge in [0.05, 0.1) is 6.42 Å². The molecule has 1 aliphatic carbocycles. The van der Waals surface area contributed by atoms with Gasteiger partial charge in [0.25, 0.3) is 0 Å². The zero-order valence-corrected chi connectivity index (χ0v) is 13.2. The van der Waals surface area contributed by atoms with Crippen LogP contribution < -0.4 is 10.6 Å². The second-order valence-electron chi connectivity index (χ2n) is 6.91. The quantitative estimate of drug-likeness (QED) is 0.897. The summed E-state index contributed by atoms with van der Waals surface area (Å²) in [5.41, 5.74) is 4.00. The molecule has 21 heavy (non-hydrogen) atoms. The van der Waals surface area contributed by atoms with Gasteiger partial charge < -0.3 is 10.6 Å². The van der Waals surface area contributed by atoms with Gasteiger partial charge in [0.15, 0.2) is 0 Å². The Labute approximate surface area is 127 Å². The molecule has 1 aromatic rings. The predicted molar refractivity (Wildman–Crippen MR) is 85.4 cm³/mol. The average molecular weight is 286 g/mol. The van der Waals surface area contributed by atoms with Crippen molar-refractivity contribution in [1.82, 2.24) is 10.6 Å². The summed E-state index contributed by atoms with van der Waals surface area (Å²) in [4.78, 5) is 12.3. The third-order valence-electron chi connectivity index (χ3n) is 5.24. The number of hydrogen-bond donors (Lipinski definition) is 2. The van der Waals surface area contributed by atoms with Crippen molar-refractivity contribution in [3.8, 4) is 0 Å². The zero-order chi connectivity index (χ0) is 14.9. The summed E-state index contributed by atoms with van der Waals surface area (Å²) in [5, 5.41) is 6.89. The highest BCUT2D eigenvalue weighted by Gasteiger charge is 2.41. The summed E-state index contributed by atoms with van der Waals surface area (Å²) in [6.07, 6.45) is 6.54. The average Bonchev–Trinajstić information content (AvgIpc) is 2.41. The second kappa shape index (κ2) is 5.80. The van der Waals surface area contributed by atoms with Crippen LogP contribution in [0.25, 0.3) is 0 Å². The lowest BCUT2D eigenvalue weighted by molar-refractivity contribution is -0.121. The number of piperidine rings is 1. The third-order valence-corrected chi connectivity index (χ3v) is 5.24. The van der Waals surface area contributed by atoms with E-state index in [1.807, 2.05) is 0 Å². The molecule has 1 unspecified atom stereocenters. The van der Waals surface area contributed by atoms with E-state index in [-0.39, 0.29) is 5.91 Å². The molecule has 1 saturated carbocycles. The fourth-order valence-electron chi connectivity index (χ4n) is 3.64. The van der Waals surface area contributed by atoms with Gasteiger partial charge in [0.2, 0.25) is 5.91 Å².